The molecule has 6 nitrogen and oxygen atoms in total. The Morgan fingerprint density at radius 3 is 2.59 bits per heavy atom. The van der Waals surface area contributed by atoms with Gasteiger partial charge in [-0.1, -0.05) is 0 Å². The molecule has 112 valence electrons. The molecule has 1 aromatic carbocycles. The molecule has 22 heavy (non-hydrogen) atoms. The predicted octanol–water partition coefficient (Wildman–Crippen LogP) is 2.00. The van der Waals surface area contributed by atoms with Crippen LogP contribution in [0.3, 0.4) is 0 Å². The molecule has 1 aromatic rings. The maximum atomic E-state index is 11.9. The highest BCUT2D eigenvalue weighted by molar-refractivity contribution is 6.19. The van der Waals surface area contributed by atoms with Crippen LogP contribution in [-0.4, -0.2) is 25.5 Å². The smallest absolute Gasteiger partial charge is 0.341 e. The fourth-order valence-corrected chi connectivity index (χ4v) is 1.64. The van der Waals surface area contributed by atoms with Crippen molar-refractivity contribution in [3.05, 3.63) is 34.9 Å². The normalized spacial score (nSPS) is 10.3. The molecule has 0 radical (unpaired) electrons. The fourth-order valence-electron chi connectivity index (χ4n) is 1.64. The predicted molar refractivity (Wildman–Crippen MR) is 77.6 cm³/mol. The van der Waals surface area contributed by atoms with Crippen LogP contribution in [-0.2, 0) is 14.3 Å². The number of Topliss-reactive ketones (excluding diaryl/α,β-unsaturated/α-hetero) is 1. The van der Waals surface area contributed by atoms with Crippen molar-refractivity contribution in [3.8, 4) is 17.9 Å². The Kier molecular flexibility index (Phi) is 6.33. The van der Waals surface area contributed by atoms with E-state index in [1.165, 1.54) is 26.2 Å². The number of ketones is 1. The second-order valence-electron chi connectivity index (χ2n) is 4.23. The lowest BCUT2D eigenvalue weighted by Crippen LogP contribution is -2.14. The number of nitrogens with zero attached hydrogens (tertiary/aromatic N) is 2. The van der Waals surface area contributed by atoms with Crippen molar-refractivity contribution in [1.29, 1.82) is 10.5 Å². The van der Waals surface area contributed by atoms with Crippen LogP contribution < -0.4 is 4.74 Å². The van der Waals surface area contributed by atoms with Crippen LogP contribution in [0, 0.1) is 22.7 Å². The number of hydrogen-bond acceptors (Lipinski definition) is 6. The van der Waals surface area contributed by atoms with Gasteiger partial charge in [-0.15, -0.1) is 0 Å². The van der Waals surface area contributed by atoms with Crippen LogP contribution in [0.25, 0.3) is 6.08 Å². The van der Waals surface area contributed by atoms with Crippen molar-refractivity contribution in [3.63, 3.8) is 0 Å². The number of ether oxygens (including phenoxy) is 2. The molecule has 0 N–H and O–H groups in total. The Morgan fingerprint density at radius 2 is 2.05 bits per heavy atom. The Bertz CT molecular complexity index is 693. The van der Waals surface area contributed by atoms with Gasteiger partial charge in [-0.05, 0) is 31.2 Å². The van der Waals surface area contributed by atoms with Gasteiger partial charge in [0.15, 0.2) is 5.78 Å². The Labute approximate surface area is 128 Å². The molecular formula is C16H14N2O4. The average Bonchev–Trinajstić information content (AvgIpc) is 2.52. The Morgan fingerprint density at radius 1 is 1.32 bits per heavy atom. The largest absolute Gasteiger partial charge is 0.496 e. The first-order valence-corrected chi connectivity index (χ1v) is 6.38. The zero-order valence-corrected chi connectivity index (χ0v) is 12.3. The van der Waals surface area contributed by atoms with Crippen molar-refractivity contribution < 1.29 is 19.1 Å². The van der Waals surface area contributed by atoms with E-state index in [1.807, 2.05) is 12.1 Å². The van der Waals surface area contributed by atoms with Crippen LogP contribution in [0.4, 0.5) is 0 Å². The highest BCUT2D eigenvalue weighted by Crippen LogP contribution is 2.23. The van der Waals surface area contributed by atoms with E-state index in [-0.39, 0.29) is 18.6 Å². The summed E-state index contributed by atoms with van der Waals surface area (Å²) in [6.45, 7) is 1.15. The van der Waals surface area contributed by atoms with E-state index in [2.05, 4.69) is 0 Å². The number of hydrogen-bond donors (Lipinski definition) is 0. The maximum Gasteiger partial charge on any atom is 0.341 e. The number of rotatable bonds is 6. The maximum absolute atomic E-state index is 11.9. The molecule has 0 saturated carbocycles. The van der Waals surface area contributed by atoms with Crippen LogP contribution in [0.15, 0.2) is 23.8 Å². The van der Waals surface area contributed by atoms with Gasteiger partial charge in [-0.25, -0.2) is 4.79 Å². The molecule has 0 fully saturated rings. The van der Waals surface area contributed by atoms with Gasteiger partial charge in [-0.3, -0.25) is 4.79 Å². The molecule has 0 unspecified atom stereocenters. The zero-order valence-electron chi connectivity index (χ0n) is 12.3. The monoisotopic (exact) mass is 298 g/mol. The summed E-state index contributed by atoms with van der Waals surface area (Å²) in [7, 11) is 1.44. The zero-order chi connectivity index (χ0) is 16.5. The lowest BCUT2D eigenvalue weighted by Gasteiger charge is -2.08. The van der Waals surface area contributed by atoms with Gasteiger partial charge in [0.1, 0.15) is 17.9 Å². The topological polar surface area (TPSA) is 100 Å². The summed E-state index contributed by atoms with van der Waals surface area (Å²) in [6.07, 6.45) is 1.36. The first-order chi connectivity index (χ1) is 10.5. The molecule has 0 amide bonds. The van der Waals surface area contributed by atoms with Crippen LogP contribution >= 0.6 is 0 Å². The summed E-state index contributed by atoms with van der Waals surface area (Å²) in [4.78, 5) is 23.5. The molecule has 0 bridgehead atoms. The lowest BCUT2D eigenvalue weighted by molar-refractivity contribution is -0.140. The second kappa shape index (κ2) is 8.23. The third-order valence-electron chi connectivity index (χ3n) is 2.70. The van der Waals surface area contributed by atoms with E-state index in [4.69, 9.17) is 20.0 Å². The molecule has 6 heteroatoms. The molecule has 0 aliphatic carbocycles. The highest BCUT2D eigenvalue weighted by Gasteiger charge is 2.17. The molecule has 0 aliphatic heterocycles. The van der Waals surface area contributed by atoms with Gasteiger partial charge in [-0.2, -0.15) is 10.5 Å². The summed E-state index contributed by atoms with van der Waals surface area (Å²) < 4.78 is 10.00. The molecule has 0 saturated heterocycles. The number of carbonyl (C=O) groups excluding carboxylic acids is 2. The van der Waals surface area contributed by atoms with Crippen molar-refractivity contribution in [2.24, 2.45) is 0 Å². The summed E-state index contributed by atoms with van der Waals surface area (Å²) in [5, 5.41) is 17.3. The molecule has 0 aromatic heterocycles. The third-order valence-corrected chi connectivity index (χ3v) is 2.70. The molecular weight excluding hydrogens is 284 g/mol. The summed E-state index contributed by atoms with van der Waals surface area (Å²) >= 11 is 0. The van der Waals surface area contributed by atoms with E-state index >= 15 is 0 Å². The average molecular weight is 298 g/mol. The third kappa shape index (κ3) is 4.46. The SMILES string of the molecule is COc1ccc(C#N)cc1C=C(C(C)=O)C(=O)OCCC#N. The minimum absolute atomic E-state index is 0.0458. The van der Waals surface area contributed by atoms with E-state index in [1.54, 1.807) is 12.1 Å². The fraction of sp³-hybridized carbons (Fsp3) is 0.250. The minimum Gasteiger partial charge on any atom is -0.496 e. The van der Waals surface area contributed by atoms with Crippen LogP contribution in [0.1, 0.15) is 24.5 Å². The molecule has 0 atom stereocenters. The molecule has 1 rings (SSSR count). The van der Waals surface area contributed by atoms with Crippen molar-refractivity contribution in [2.75, 3.05) is 13.7 Å². The highest BCUT2D eigenvalue weighted by atomic mass is 16.5. The first-order valence-electron chi connectivity index (χ1n) is 6.38. The first kappa shape index (κ1) is 16.9. The lowest BCUT2D eigenvalue weighted by atomic mass is 10.0. The number of benzene rings is 1. The Balaban J connectivity index is 3.19. The van der Waals surface area contributed by atoms with E-state index in [0.717, 1.165) is 0 Å². The number of esters is 1. The number of methoxy groups -OCH3 is 1. The van der Waals surface area contributed by atoms with Crippen LogP contribution in [0.5, 0.6) is 5.75 Å². The van der Waals surface area contributed by atoms with Crippen molar-refractivity contribution in [2.45, 2.75) is 13.3 Å². The molecule has 0 heterocycles. The van der Waals surface area contributed by atoms with E-state index < -0.39 is 11.8 Å². The standard InChI is InChI=1S/C16H14N2O4/c1-11(19)14(16(20)22-7-3-6-17)9-13-8-12(10-18)4-5-15(13)21-2/h4-5,8-9H,3,7H2,1-2H3. The Hall–Kier alpha value is -3.12. The minimum atomic E-state index is -0.813. The quantitative estimate of drug-likeness (QED) is 0.262. The van der Waals surface area contributed by atoms with Gasteiger partial charge in [0.25, 0.3) is 0 Å². The molecule has 0 aliphatic rings. The van der Waals surface area contributed by atoms with Gasteiger partial charge < -0.3 is 9.47 Å². The summed E-state index contributed by atoms with van der Waals surface area (Å²) in [5.74, 6) is -0.874. The second-order valence-corrected chi connectivity index (χ2v) is 4.23. The van der Waals surface area contributed by atoms with Crippen LogP contribution in [0.2, 0.25) is 0 Å². The van der Waals surface area contributed by atoms with Gasteiger partial charge in [0.05, 0.1) is 31.2 Å². The number of nitriles is 2. The van der Waals surface area contributed by atoms with Crippen molar-refractivity contribution >= 4 is 17.8 Å². The van der Waals surface area contributed by atoms with Gasteiger partial charge in [0, 0.05) is 5.56 Å². The van der Waals surface area contributed by atoms with Crippen molar-refractivity contribution in [1.82, 2.24) is 0 Å². The van der Waals surface area contributed by atoms with Gasteiger partial charge >= 0.3 is 5.97 Å². The summed E-state index contributed by atoms with van der Waals surface area (Å²) in [5.41, 5.74) is 0.614. The van der Waals surface area contributed by atoms with E-state index in [0.29, 0.717) is 16.9 Å². The van der Waals surface area contributed by atoms with E-state index in [9.17, 15) is 9.59 Å². The van der Waals surface area contributed by atoms with Gasteiger partial charge in [0.2, 0.25) is 0 Å². The molecule has 0 spiro atoms. The summed E-state index contributed by atoms with van der Waals surface area (Å²) in [6, 6.07) is 8.45. The number of carbonyl (C=O) groups is 2.